The van der Waals surface area contributed by atoms with Crippen LogP contribution in [0.25, 0.3) is 5.70 Å². The van der Waals surface area contributed by atoms with E-state index in [1.165, 1.54) is 6.20 Å². The molecule has 7 nitrogen and oxygen atoms in total. The molecule has 0 saturated heterocycles. The van der Waals surface area contributed by atoms with E-state index in [-0.39, 0.29) is 0 Å². The first-order valence-electron chi connectivity index (χ1n) is 7.32. The number of halogens is 1. The normalized spacial score (nSPS) is 14.4. The van der Waals surface area contributed by atoms with Gasteiger partial charge in [-0.2, -0.15) is 10.4 Å². The van der Waals surface area contributed by atoms with Crippen LogP contribution in [0, 0.1) is 11.3 Å². The molecular formula is C16H16ClN7. The maximum Gasteiger partial charge on any atom is 0.105 e. The van der Waals surface area contributed by atoms with Crippen molar-refractivity contribution < 1.29 is 0 Å². The third-order valence-corrected chi connectivity index (χ3v) is 3.85. The fourth-order valence-corrected chi connectivity index (χ4v) is 2.81. The molecule has 0 aliphatic carbocycles. The van der Waals surface area contributed by atoms with E-state index in [1.54, 1.807) is 35.7 Å². The van der Waals surface area contributed by atoms with E-state index in [2.05, 4.69) is 26.6 Å². The molecule has 0 radical (unpaired) electrons. The molecule has 2 aromatic rings. The quantitative estimate of drug-likeness (QED) is 0.923. The van der Waals surface area contributed by atoms with E-state index in [4.69, 9.17) is 16.9 Å². The average Bonchev–Trinajstić information content (AvgIpc) is 3.04. The summed E-state index contributed by atoms with van der Waals surface area (Å²) in [5, 5.41) is 15.5. The van der Waals surface area contributed by atoms with Crippen molar-refractivity contribution in [1.29, 1.82) is 5.26 Å². The first-order valence-corrected chi connectivity index (χ1v) is 7.70. The molecule has 24 heavy (non-hydrogen) atoms. The summed E-state index contributed by atoms with van der Waals surface area (Å²) in [5.41, 5.74) is 4.97. The maximum absolute atomic E-state index is 8.91. The molecule has 2 aromatic heterocycles. The Hall–Kier alpha value is -2.69. The number of nitriles is 1. The number of hydrazine groups is 1. The van der Waals surface area contributed by atoms with Gasteiger partial charge in [-0.25, -0.2) is 15.1 Å². The van der Waals surface area contributed by atoms with Crippen molar-refractivity contribution >= 4 is 23.6 Å². The minimum absolute atomic E-state index is 0.491. The van der Waals surface area contributed by atoms with Crippen LogP contribution in [0.15, 0.2) is 41.9 Å². The zero-order chi connectivity index (χ0) is 17.2. The van der Waals surface area contributed by atoms with E-state index >= 15 is 0 Å². The number of nitrogens with zero attached hydrogens (tertiary/aromatic N) is 6. The molecule has 0 fully saturated rings. The van der Waals surface area contributed by atoms with Crippen LogP contribution in [-0.2, 0) is 5.54 Å². The lowest BCUT2D eigenvalue weighted by Crippen LogP contribution is -2.50. The van der Waals surface area contributed by atoms with Gasteiger partial charge < -0.3 is 0 Å². The van der Waals surface area contributed by atoms with Crippen LogP contribution >= 0.6 is 11.6 Å². The summed E-state index contributed by atoms with van der Waals surface area (Å²) in [6.07, 6.45) is 8.32. The number of hydrogen-bond acceptors (Lipinski definition) is 6. The van der Waals surface area contributed by atoms with Gasteiger partial charge in [0.15, 0.2) is 0 Å². The third kappa shape index (κ3) is 3.30. The summed E-state index contributed by atoms with van der Waals surface area (Å²) in [6.45, 7) is 4.52. The molecule has 0 spiro atoms. The highest BCUT2D eigenvalue weighted by Crippen LogP contribution is 2.26. The second-order valence-electron chi connectivity index (χ2n) is 5.87. The summed E-state index contributed by atoms with van der Waals surface area (Å²) in [7, 11) is 0. The van der Waals surface area contributed by atoms with Gasteiger partial charge in [0.25, 0.3) is 0 Å². The first kappa shape index (κ1) is 16.2. The van der Waals surface area contributed by atoms with Gasteiger partial charge in [-0.15, -0.1) is 0 Å². The minimum atomic E-state index is -0.491. The predicted molar refractivity (Wildman–Crippen MR) is 91.8 cm³/mol. The van der Waals surface area contributed by atoms with Crippen LogP contribution in [0.5, 0.6) is 0 Å². The molecule has 122 valence electrons. The average molecular weight is 342 g/mol. The van der Waals surface area contributed by atoms with E-state index in [0.717, 1.165) is 11.4 Å². The predicted octanol–water partition coefficient (Wildman–Crippen LogP) is 2.39. The highest BCUT2D eigenvalue weighted by Gasteiger charge is 2.27. The molecule has 0 saturated carbocycles. The number of pyridine rings is 1. The molecule has 0 unspecified atom stereocenters. The lowest BCUT2D eigenvalue weighted by atomic mass is 10.0. The van der Waals surface area contributed by atoms with Crippen molar-refractivity contribution in [3.63, 3.8) is 0 Å². The zero-order valence-electron chi connectivity index (χ0n) is 13.3. The number of aliphatic imine (C=N–C) groups is 1. The number of hydrogen-bond donors (Lipinski definition) is 1. The van der Waals surface area contributed by atoms with Gasteiger partial charge in [0.05, 0.1) is 46.5 Å². The Morgan fingerprint density at radius 2 is 2.25 bits per heavy atom. The van der Waals surface area contributed by atoms with Crippen molar-refractivity contribution in [2.24, 2.45) is 4.99 Å². The Morgan fingerprint density at radius 3 is 2.96 bits per heavy atom. The molecule has 1 aliphatic heterocycles. The second-order valence-corrected chi connectivity index (χ2v) is 6.28. The largest absolute Gasteiger partial charge is 0.291 e. The van der Waals surface area contributed by atoms with Crippen molar-refractivity contribution in [1.82, 2.24) is 25.2 Å². The van der Waals surface area contributed by atoms with Gasteiger partial charge in [-0.3, -0.25) is 9.99 Å². The molecular weight excluding hydrogens is 326 g/mol. The molecule has 0 bridgehead atoms. The monoisotopic (exact) mass is 341 g/mol. The van der Waals surface area contributed by atoms with Crippen molar-refractivity contribution in [3.05, 3.63) is 53.2 Å². The summed E-state index contributed by atoms with van der Waals surface area (Å²) in [5.74, 6) is 0. The Bertz CT molecular complexity index is 844. The Morgan fingerprint density at radius 1 is 1.42 bits per heavy atom. The summed E-state index contributed by atoms with van der Waals surface area (Å²) < 4.78 is 1.64. The van der Waals surface area contributed by atoms with Gasteiger partial charge in [0.2, 0.25) is 0 Å². The van der Waals surface area contributed by atoms with Crippen LogP contribution in [-0.4, -0.2) is 32.7 Å². The van der Waals surface area contributed by atoms with Crippen LogP contribution in [0.1, 0.15) is 25.1 Å². The smallest absolute Gasteiger partial charge is 0.105 e. The van der Waals surface area contributed by atoms with E-state index in [0.29, 0.717) is 17.1 Å². The van der Waals surface area contributed by atoms with Crippen molar-refractivity contribution in [3.8, 4) is 6.07 Å². The van der Waals surface area contributed by atoms with Crippen LogP contribution in [0.2, 0.25) is 5.02 Å². The van der Waals surface area contributed by atoms with Gasteiger partial charge >= 0.3 is 0 Å². The highest BCUT2D eigenvalue weighted by atomic mass is 35.5. The zero-order valence-corrected chi connectivity index (χ0v) is 14.1. The summed E-state index contributed by atoms with van der Waals surface area (Å²) in [4.78, 5) is 8.60. The topological polar surface area (TPSA) is 82.1 Å². The molecule has 0 amide bonds. The van der Waals surface area contributed by atoms with Crippen LogP contribution in [0.3, 0.4) is 0 Å². The molecule has 0 aromatic carbocycles. The minimum Gasteiger partial charge on any atom is -0.291 e. The van der Waals surface area contributed by atoms with Crippen LogP contribution < -0.4 is 5.43 Å². The summed E-state index contributed by atoms with van der Waals surface area (Å²) >= 11 is 6.26. The van der Waals surface area contributed by atoms with Crippen molar-refractivity contribution in [2.45, 2.75) is 19.4 Å². The Labute approximate surface area is 144 Å². The Kier molecular flexibility index (Phi) is 4.34. The number of nitrogens with one attached hydrogen (secondary N) is 1. The fraction of sp³-hybridized carbons (Fsp3) is 0.250. The Balaban J connectivity index is 1.75. The van der Waals surface area contributed by atoms with Crippen molar-refractivity contribution in [2.75, 3.05) is 6.54 Å². The van der Waals surface area contributed by atoms with Crippen LogP contribution in [0.4, 0.5) is 0 Å². The number of aromatic nitrogens is 3. The fourth-order valence-electron chi connectivity index (χ4n) is 2.45. The molecule has 1 aliphatic rings. The molecule has 1 N–H and O–H groups in total. The lowest BCUT2D eigenvalue weighted by Gasteiger charge is -2.34. The maximum atomic E-state index is 8.91. The highest BCUT2D eigenvalue weighted by molar-refractivity contribution is 6.31. The molecule has 0 atom stereocenters. The van der Waals surface area contributed by atoms with E-state index in [9.17, 15) is 0 Å². The van der Waals surface area contributed by atoms with Gasteiger partial charge in [-0.05, 0) is 26.0 Å². The summed E-state index contributed by atoms with van der Waals surface area (Å²) in [6, 6.07) is 5.68. The van der Waals surface area contributed by atoms with E-state index in [1.807, 2.05) is 24.9 Å². The third-order valence-electron chi connectivity index (χ3n) is 3.54. The molecule has 3 rings (SSSR count). The van der Waals surface area contributed by atoms with E-state index < -0.39 is 5.54 Å². The van der Waals surface area contributed by atoms with Gasteiger partial charge in [0, 0.05) is 12.4 Å². The first-order chi connectivity index (χ1) is 11.5. The number of rotatable bonds is 4. The second kappa shape index (κ2) is 6.43. The molecule has 3 heterocycles. The van der Waals surface area contributed by atoms with Gasteiger partial charge in [0.1, 0.15) is 12.4 Å². The molecule has 8 heteroatoms. The van der Waals surface area contributed by atoms with Gasteiger partial charge in [-0.1, -0.05) is 11.6 Å². The lowest BCUT2D eigenvalue weighted by molar-refractivity contribution is 0.218. The SMILES string of the molecule is CC(C)(NN1C=NC=C(n2cc(C#N)cn2)C1)c1ncccc1Cl. The standard InChI is InChI=1S/C16H16ClN7/c1-16(2,15-14(17)4-3-5-20-15)22-23-10-13(8-19-11-23)24-9-12(6-18)7-21-24/h3-5,7-9,11,22H,10H2,1-2H3.